The molecule has 1 unspecified atom stereocenters. The number of carbonyl (C=O) groups excluding carboxylic acids is 3. The summed E-state index contributed by atoms with van der Waals surface area (Å²) in [7, 11) is 0. The van der Waals surface area contributed by atoms with Gasteiger partial charge in [0.25, 0.3) is 0 Å². The van der Waals surface area contributed by atoms with E-state index < -0.39 is 6.10 Å². The summed E-state index contributed by atoms with van der Waals surface area (Å²) in [5.74, 6) is -0.895. The molecule has 0 amide bonds. The molecule has 0 aromatic carbocycles. The van der Waals surface area contributed by atoms with Crippen LogP contribution in [0, 0.1) is 0 Å². The third-order valence-corrected chi connectivity index (χ3v) is 11.1. The van der Waals surface area contributed by atoms with E-state index in [-0.39, 0.29) is 31.1 Å². The molecule has 344 valence electrons. The van der Waals surface area contributed by atoms with Crippen molar-refractivity contribution >= 4 is 17.9 Å². The number of hydrogen-bond acceptors (Lipinski definition) is 6. The first kappa shape index (κ1) is 56.6. The van der Waals surface area contributed by atoms with Crippen molar-refractivity contribution < 1.29 is 28.6 Å². The third-order valence-electron chi connectivity index (χ3n) is 11.1. The second-order valence-corrected chi connectivity index (χ2v) is 17.1. The number of unbranched alkanes of at least 4 members (excludes halogenated alkanes) is 29. The second kappa shape index (κ2) is 48.3. The topological polar surface area (TPSA) is 78.9 Å². The first-order chi connectivity index (χ1) is 29.0. The average Bonchev–Trinajstić information content (AvgIpc) is 3.23. The van der Waals surface area contributed by atoms with Crippen LogP contribution in [-0.4, -0.2) is 37.2 Å². The molecule has 0 bridgehead atoms. The van der Waals surface area contributed by atoms with E-state index in [4.69, 9.17) is 14.2 Å². The Morgan fingerprint density at radius 1 is 0.339 bits per heavy atom. The minimum absolute atomic E-state index is 0.0781. The van der Waals surface area contributed by atoms with E-state index in [1.807, 2.05) is 0 Å². The highest BCUT2D eigenvalue weighted by atomic mass is 16.6. The number of hydrogen-bond donors (Lipinski definition) is 0. The minimum atomic E-state index is -0.778. The molecule has 0 aromatic heterocycles. The van der Waals surface area contributed by atoms with Crippen LogP contribution in [0.3, 0.4) is 0 Å². The summed E-state index contributed by atoms with van der Waals surface area (Å²) in [6, 6.07) is 0. The predicted octanol–water partition coefficient (Wildman–Crippen LogP) is 16.5. The van der Waals surface area contributed by atoms with Gasteiger partial charge in [-0.15, -0.1) is 0 Å². The number of allylic oxidation sites excluding steroid dienone is 6. The molecule has 59 heavy (non-hydrogen) atoms. The van der Waals surface area contributed by atoms with E-state index in [2.05, 4.69) is 57.2 Å². The van der Waals surface area contributed by atoms with E-state index in [1.54, 1.807) is 0 Å². The lowest BCUT2D eigenvalue weighted by Crippen LogP contribution is -2.30. The molecule has 0 radical (unpaired) electrons. The Bertz CT molecular complexity index is 1000. The molecule has 0 aromatic rings. The number of rotatable bonds is 46. The van der Waals surface area contributed by atoms with Gasteiger partial charge in [0.05, 0.1) is 0 Å². The summed E-state index contributed by atoms with van der Waals surface area (Å²) in [6.07, 6.45) is 55.5. The predicted molar refractivity (Wildman–Crippen MR) is 252 cm³/mol. The second-order valence-electron chi connectivity index (χ2n) is 17.1. The lowest BCUT2D eigenvalue weighted by atomic mass is 10.1. The van der Waals surface area contributed by atoms with Crippen molar-refractivity contribution in [1.82, 2.24) is 0 Å². The summed E-state index contributed by atoms with van der Waals surface area (Å²) >= 11 is 0. The van der Waals surface area contributed by atoms with Gasteiger partial charge >= 0.3 is 17.9 Å². The van der Waals surface area contributed by atoms with E-state index >= 15 is 0 Å². The van der Waals surface area contributed by atoms with Gasteiger partial charge in [-0.25, -0.2) is 0 Å². The van der Waals surface area contributed by atoms with Crippen LogP contribution >= 0.6 is 0 Å². The molecule has 0 spiro atoms. The quantitative estimate of drug-likeness (QED) is 0.0263. The summed E-state index contributed by atoms with van der Waals surface area (Å²) in [4.78, 5) is 37.9. The van der Waals surface area contributed by atoms with E-state index in [9.17, 15) is 14.4 Å². The highest BCUT2D eigenvalue weighted by Crippen LogP contribution is 2.15. The Morgan fingerprint density at radius 2 is 0.610 bits per heavy atom. The van der Waals surface area contributed by atoms with E-state index in [1.165, 1.54) is 141 Å². The van der Waals surface area contributed by atoms with Crippen LogP contribution in [-0.2, 0) is 28.6 Å². The molecular weight excluding hydrogens is 733 g/mol. The molecule has 0 fully saturated rings. The monoisotopic (exact) mass is 829 g/mol. The van der Waals surface area contributed by atoms with E-state index in [0.29, 0.717) is 19.3 Å². The van der Waals surface area contributed by atoms with Gasteiger partial charge in [0.1, 0.15) is 13.2 Å². The molecule has 0 saturated carbocycles. The fourth-order valence-electron chi connectivity index (χ4n) is 7.23. The molecular formula is C53H96O6. The van der Waals surface area contributed by atoms with Gasteiger partial charge in [-0.1, -0.05) is 205 Å². The molecule has 0 heterocycles. The van der Waals surface area contributed by atoms with Crippen LogP contribution in [0.15, 0.2) is 36.5 Å². The molecule has 0 aliphatic heterocycles. The van der Waals surface area contributed by atoms with Crippen LogP contribution in [0.25, 0.3) is 0 Å². The maximum Gasteiger partial charge on any atom is 0.306 e. The van der Waals surface area contributed by atoms with Crippen LogP contribution in [0.5, 0.6) is 0 Å². The van der Waals surface area contributed by atoms with Gasteiger partial charge in [0.15, 0.2) is 6.10 Å². The Labute approximate surface area is 365 Å². The largest absolute Gasteiger partial charge is 0.462 e. The van der Waals surface area contributed by atoms with Gasteiger partial charge in [0.2, 0.25) is 0 Å². The third kappa shape index (κ3) is 46.5. The van der Waals surface area contributed by atoms with Gasteiger partial charge in [-0.05, 0) is 77.0 Å². The van der Waals surface area contributed by atoms with Crippen molar-refractivity contribution in [3.8, 4) is 0 Å². The van der Waals surface area contributed by atoms with Crippen molar-refractivity contribution in [2.45, 2.75) is 271 Å². The summed E-state index contributed by atoms with van der Waals surface area (Å²) in [6.45, 7) is 6.59. The number of carbonyl (C=O) groups is 3. The maximum atomic E-state index is 12.8. The van der Waals surface area contributed by atoms with Crippen LogP contribution in [0.2, 0.25) is 0 Å². The number of ether oxygens (including phenoxy) is 3. The van der Waals surface area contributed by atoms with E-state index in [0.717, 1.165) is 83.5 Å². The van der Waals surface area contributed by atoms with Gasteiger partial charge in [-0.3, -0.25) is 14.4 Å². The SMILES string of the molecule is CCCCC/C=C\C/C=C\CCCCCCCCCC(=O)OCC(COC(=O)CCCCCCCCCCCCC)OC(=O)CCCCC/C=C\CCCCCCCC. The van der Waals surface area contributed by atoms with Crippen molar-refractivity contribution in [3.63, 3.8) is 0 Å². The summed E-state index contributed by atoms with van der Waals surface area (Å²) in [5, 5.41) is 0. The fraction of sp³-hybridized carbons (Fsp3) is 0.830. The van der Waals surface area contributed by atoms with Crippen LogP contribution < -0.4 is 0 Å². The normalized spacial score (nSPS) is 12.3. The molecule has 0 aliphatic carbocycles. The van der Waals surface area contributed by atoms with Gasteiger partial charge in [-0.2, -0.15) is 0 Å². The minimum Gasteiger partial charge on any atom is -0.462 e. The molecule has 1 atom stereocenters. The summed E-state index contributed by atoms with van der Waals surface area (Å²) < 4.78 is 16.8. The van der Waals surface area contributed by atoms with Crippen LogP contribution in [0.4, 0.5) is 0 Å². The Morgan fingerprint density at radius 3 is 1.00 bits per heavy atom. The maximum absolute atomic E-state index is 12.8. The van der Waals surface area contributed by atoms with Crippen molar-refractivity contribution in [1.29, 1.82) is 0 Å². The van der Waals surface area contributed by atoms with Crippen molar-refractivity contribution in [2.24, 2.45) is 0 Å². The first-order valence-electron chi connectivity index (χ1n) is 25.5. The summed E-state index contributed by atoms with van der Waals surface area (Å²) in [5.41, 5.74) is 0. The first-order valence-corrected chi connectivity index (χ1v) is 25.5. The van der Waals surface area contributed by atoms with Crippen molar-refractivity contribution in [2.75, 3.05) is 13.2 Å². The van der Waals surface area contributed by atoms with Crippen molar-refractivity contribution in [3.05, 3.63) is 36.5 Å². The smallest absolute Gasteiger partial charge is 0.306 e. The van der Waals surface area contributed by atoms with Gasteiger partial charge in [0, 0.05) is 19.3 Å². The zero-order valence-corrected chi connectivity index (χ0v) is 39.3. The average molecular weight is 829 g/mol. The highest BCUT2D eigenvalue weighted by Gasteiger charge is 2.19. The molecule has 6 nitrogen and oxygen atoms in total. The lowest BCUT2D eigenvalue weighted by molar-refractivity contribution is -0.167. The molecule has 0 rings (SSSR count). The molecule has 0 aliphatic rings. The zero-order valence-electron chi connectivity index (χ0n) is 39.3. The Balaban J connectivity index is 4.36. The molecule has 6 heteroatoms. The van der Waals surface area contributed by atoms with Gasteiger partial charge < -0.3 is 14.2 Å². The molecule has 0 saturated heterocycles. The number of esters is 3. The fourth-order valence-corrected chi connectivity index (χ4v) is 7.23. The zero-order chi connectivity index (χ0) is 43.0. The Kier molecular flexibility index (Phi) is 46.4. The highest BCUT2D eigenvalue weighted by molar-refractivity contribution is 5.71. The lowest BCUT2D eigenvalue weighted by Gasteiger charge is -2.18. The Hall–Kier alpha value is -2.37. The van der Waals surface area contributed by atoms with Crippen LogP contribution in [0.1, 0.15) is 265 Å². The standard InChI is InChI=1S/C53H96O6/c1-4-7-10-13-16-19-22-24-25-26-27-29-31-34-37-40-43-46-52(55)58-49-50(48-57-51(54)45-42-39-36-33-30-21-18-15-12-9-6-3)59-53(56)47-44-41-38-35-32-28-23-20-17-14-11-8-5-2/h16,19,24-25,28,32,50H,4-15,17-18,20-23,26-27,29-31,33-49H2,1-3H3/b19-16-,25-24-,32-28-. The molecule has 0 N–H and O–H groups in total.